The number of aliphatic hydroxyl groups excluding tert-OH is 1. The van der Waals surface area contributed by atoms with Crippen molar-refractivity contribution in [2.45, 2.75) is 19.9 Å². The van der Waals surface area contributed by atoms with Gasteiger partial charge in [0.1, 0.15) is 0 Å². The second kappa shape index (κ2) is 5.73. The molecule has 2 aromatic rings. The average molecular weight is 273 g/mol. The minimum absolute atomic E-state index is 0.261. The molecule has 0 radical (unpaired) electrons. The lowest BCUT2D eigenvalue weighted by molar-refractivity contribution is 0.218. The Morgan fingerprint density at radius 2 is 2.35 bits per heavy atom. The first-order chi connectivity index (χ1) is 9.74. The monoisotopic (exact) mass is 273 g/mol. The van der Waals surface area contributed by atoms with E-state index in [0.29, 0.717) is 24.2 Å². The minimum Gasteiger partial charge on any atom is -0.396 e. The van der Waals surface area contributed by atoms with E-state index >= 15 is 0 Å². The highest BCUT2D eigenvalue weighted by Gasteiger charge is 2.23. The first-order valence-corrected chi connectivity index (χ1v) is 6.97. The number of nitrogens with zero attached hydrogens (tertiary/aromatic N) is 3. The molecule has 1 fully saturated rings. The Morgan fingerprint density at radius 1 is 1.45 bits per heavy atom. The third-order valence-electron chi connectivity index (χ3n) is 3.73. The molecule has 1 aromatic carbocycles. The van der Waals surface area contributed by atoms with Crippen molar-refractivity contribution < 1.29 is 9.63 Å². The van der Waals surface area contributed by atoms with Crippen molar-refractivity contribution in [3.05, 3.63) is 35.7 Å². The zero-order chi connectivity index (χ0) is 13.9. The van der Waals surface area contributed by atoms with Gasteiger partial charge in [-0.25, -0.2) is 0 Å². The number of hydrogen-bond donors (Lipinski definition) is 1. The summed E-state index contributed by atoms with van der Waals surface area (Å²) in [4.78, 5) is 6.71. The Balaban J connectivity index is 1.68. The largest absolute Gasteiger partial charge is 0.396 e. The number of hydrogen-bond acceptors (Lipinski definition) is 5. The summed E-state index contributed by atoms with van der Waals surface area (Å²) in [6, 6.07) is 8.04. The first-order valence-electron chi connectivity index (χ1n) is 6.97. The lowest BCUT2D eigenvalue weighted by atomic mass is 10.1. The smallest absolute Gasteiger partial charge is 0.257 e. The highest BCUT2D eigenvalue weighted by molar-refractivity contribution is 5.53. The van der Waals surface area contributed by atoms with Crippen molar-refractivity contribution in [2.75, 3.05) is 19.7 Å². The van der Waals surface area contributed by atoms with Gasteiger partial charge in [0.05, 0.1) is 6.54 Å². The van der Waals surface area contributed by atoms with Crippen LogP contribution in [0.15, 0.2) is 28.8 Å². The second-order valence-electron chi connectivity index (χ2n) is 5.46. The van der Waals surface area contributed by atoms with Gasteiger partial charge in [0.25, 0.3) is 5.89 Å². The van der Waals surface area contributed by atoms with Crippen LogP contribution in [0.5, 0.6) is 0 Å². The van der Waals surface area contributed by atoms with Crippen LogP contribution in [0.3, 0.4) is 0 Å². The molecular weight excluding hydrogens is 254 g/mol. The fourth-order valence-corrected chi connectivity index (χ4v) is 2.62. The third kappa shape index (κ3) is 2.89. The molecule has 20 heavy (non-hydrogen) atoms. The van der Waals surface area contributed by atoms with Crippen LogP contribution in [0.1, 0.15) is 17.8 Å². The lowest BCUT2D eigenvalue weighted by Crippen LogP contribution is -2.21. The fourth-order valence-electron chi connectivity index (χ4n) is 2.62. The van der Waals surface area contributed by atoms with Gasteiger partial charge in [-0.3, -0.25) is 4.90 Å². The molecule has 0 aliphatic carbocycles. The first kappa shape index (κ1) is 13.3. The molecule has 5 nitrogen and oxygen atoms in total. The van der Waals surface area contributed by atoms with Gasteiger partial charge in [0, 0.05) is 18.7 Å². The summed E-state index contributed by atoms with van der Waals surface area (Å²) in [5, 5.41) is 13.2. The molecule has 0 saturated carbocycles. The van der Waals surface area contributed by atoms with Gasteiger partial charge in [-0.2, -0.15) is 4.98 Å². The third-order valence-corrected chi connectivity index (χ3v) is 3.73. The van der Waals surface area contributed by atoms with Crippen LogP contribution in [0.4, 0.5) is 0 Å². The SMILES string of the molecule is Cc1cccc(-c2nc(CN3CCC(CO)C3)no2)c1. The maximum absolute atomic E-state index is 9.15. The van der Waals surface area contributed by atoms with Gasteiger partial charge in [-0.15, -0.1) is 0 Å². The maximum Gasteiger partial charge on any atom is 0.257 e. The lowest BCUT2D eigenvalue weighted by Gasteiger charge is -2.12. The summed E-state index contributed by atoms with van der Waals surface area (Å²) in [6.07, 6.45) is 1.04. The number of aliphatic hydroxyl groups is 1. The van der Waals surface area contributed by atoms with Gasteiger partial charge in [0.15, 0.2) is 5.82 Å². The van der Waals surface area contributed by atoms with Crippen molar-refractivity contribution in [3.8, 4) is 11.5 Å². The molecular formula is C15H19N3O2. The van der Waals surface area contributed by atoms with Crippen LogP contribution in [0, 0.1) is 12.8 Å². The summed E-state index contributed by atoms with van der Waals surface area (Å²) < 4.78 is 5.33. The van der Waals surface area contributed by atoms with Gasteiger partial charge in [-0.1, -0.05) is 22.9 Å². The predicted molar refractivity (Wildman–Crippen MR) is 74.9 cm³/mol. The van der Waals surface area contributed by atoms with E-state index in [9.17, 15) is 0 Å². The van der Waals surface area contributed by atoms with Crippen molar-refractivity contribution in [3.63, 3.8) is 0 Å². The Morgan fingerprint density at radius 3 is 3.10 bits per heavy atom. The van der Waals surface area contributed by atoms with Crippen molar-refractivity contribution in [1.82, 2.24) is 15.0 Å². The van der Waals surface area contributed by atoms with Crippen molar-refractivity contribution >= 4 is 0 Å². The fraction of sp³-hybridized carbons (Fsp3) is 0.467. The van der Waals surface area contributed by atoms with E-state index in [-0.39, 0.29) is 6.61 Å². The van der Waals surface area contributed by atoms with Crippen molar-refractivity contribution in [1.29, 1.82) is 0 Å². The van der Waals surface area contributed by atoms with E-state index < -0.39 is 0 Å². The molecule has 1 aromatic heterocycles. The molecule has 1 atom stereocenters. The standard InChI is InChI=1S/C15H19N3O2/c1-11-3-2-4-13(7-11)15-16-14(17-20-15)9-18-6-5-12(8-18)10-19/h2-4,7,12,19H,5-6,8-10H2,1H3. The zero-order valence-electron chi connectivity index (χ0n) is 11.6. The zero-order valence-corrected chi connectivity index (χ0v) is 11.6. The summed E-state index contributed by atoms with van der Waals surface area (Å²) >= 11 is 0. The quantitative estimate of drug-likeness (QED) is 0.921. The number of benzene rings is 1. The van der Waals surface area contributed by atoms with E-state index in [2.05, 4.69) is 15.0 Å². The Hall–Kier alpha value is -1.72. The molecule has 0 amide bonds. The molecule has 1 aliphatic rings. The Labute approximate surface area is 118 Å². The van der Waals surface area contributed by atoms with Crippen LogP contribution in [-0.2, 0) is 6.54 Å². The summed E-state index contributed by atoms with van der Waals surface area (Å²) in [6.45, 7) is 4.88. The molecule has 5 heteroatoms. The topological polar surface area (TPSA) is 62.4 Å². The van der Waals surface area contributed by atoms with Gasteiger partial charge >= 0.3 is 0 Å². The van der Waals surface area contributed by atoms with Gasteiger partial charge < -0.3 is 9.63 Å². The van der Waals surface area contributed by atoms with E-state index in [1.807, 2.05) is 31.2 Å². The van der Waals surface area contributed by atoms with Crippen LogP contribution in [0.2, 0.25) is 0 Å². The number of rotatable bonds is 4. The maximum atomic E-state index is 9.15. The van der Waals surface area contributed by atoms with E-state index in [1.54, 1.807) is 0 Å². The minimum atomic E-state index is 0.261. The highest BCUT2D eigenvalue weighted by Crippen LogP contribution is 2.20. The van der Waals surface area contributed by atoms with Gasteiger partial charge in [-0.05, 0) is 37.9 Å². The molecule has 0 spiro atoms. The number of aryl methyl sites for hydroxylation is 1. The summed E-state index contributed by atoms with van der Waals surface area (Å²) in [7, 11) is 0. The summed E-state index contributed by atoms with van der Waals surface area (Å²) in [5.74, 6) is 1.67. The highest BCUT2D eigenvalue weighted by atomic mass is 16.5. The molecule has 1 unspecified atom stereocenters. The average Bonchev–Trinajstić information content (AvgIpc) is 3.08. The molecule has 1 N–H and O–H groups in total. The van der Waals surface area contributed by atoms with Crippen LogP contribution in [-0.4, -0.2) is 39.8 Å². The van der Waals surface area contributed by atoms with E-state index in [0.717, 1.165) is 25.1 Å². The predicted octanol–water partition coefficient (Wildman–Crippen LogP) is 1.86. The van der Waals surface area contributed by atoms with Crippen LogP contribution in [0.25, 0.3) is 11.5 Å². The molecule has 2 heterocycles. The molecule has 1 saturated heterocycles. The Kier molecular flexibility index (Phi) is 3.80. The van der Waals surface area contributed by atoms with E-state index in [1.165, 1.54) is 5.56 Å². The molecule has 3 rings (SSSR count). The normalized spacial score (nSPS) is 19.6. The molecule has 106 valence electrons. The van der Waals surface area contributed by atoms with Crippen LogP contribution < -0.4 is 0 Å². The Bertz CT molecular complexity index is 582. The van der Waals surface area contributed by atoms with Crippen molar-refractivity contribution in [2.24, 2.45) is 5.92 Å². The number of aromatic nitrogens is 2. The summed E-state index contributed by atoms with van der Waals surface area (Å²) in [5.41, 5.74) is 2.13. The molecule has 0 bridgehead atoms. The van der Waals surface area contributed by atoms with Gasteiger partial charge in [0.2, 0.25) is 0 Å². The molecule has 1 aliphatic heterocycles. The van der Waals surface area contributed by atoms with E-state index in [4.69, 9.17) is 9.63 Å². The second-order valence-corrected chi connectivity index (χ2v) is 5.46. The van der Waals surface area contributed by atoms with Crippen LogP contribution >= 0.6 is 0 Å². The number of likely N-dealkylation sites (tertiary alicyclic amines) is 1.